The van der Waals surface area contributed by atoms with Crippen LogP contribution in [-0.2, 0) is 5.41 Å². The Kier molecular flexibility index (Phi) is 6.68. The van der Waals surface area contributed by atoms with Crippen LogP contribution in [0, 0.1) is 0 Å². The minimum atomic E-state index is -0.425. The van der Waals surface area contributed by atoms with Crippen LogP contribution in [0.4, 0.5) is 0 Å². The summed E-state index contributed by atoms with van der Waals surface area (Å²) in [6.45, 7) is 0.191. The summed E-state index contributed by atoms with van der Waals surface area (Å²) in [5.74, 6) is 9.44. The fourth-order valence-electron chi connectivity index (χ4n) is 9.08. The monoisotopic (exact) mass is 686 g/mol. The highest BCUT2D eigenvalue weighted by molar-refractivity contribution is 8.00. The Balaban J connectivity index is 1.12. The van der Waals surface area contributed by atoms with Crippen LogP contribution in [-0.4, -0.2) is 46.8 Å². The summed E-state index contributed by atoms with van der Waals surface area (Å²) in [4.78, 5) is 5.30. The van der Waals surface area contributed by atoms with Gasteiger partial charge in [-0.25, -0.2) is 0 Å². The second kappa shape index (κ2) is 11.5. The summed E-state index contributed by atoms with van der Waals surface area (Å²) in [5, 5.41) is 0. The highest BCUT2D eigenvalue weighted by atomic mass is 32.2. The molecule has 4 aromatic rings. The summed E-state index contributed by atoms with van der Waals surface area (Å²) in [5.41, 5.74) is 7.55. The lowest BCUT2D eigenvalue weighted by Crippen LogP contribution is -2.73. The van der Waals surface area contributed by atoms with E-state index in [0.717, 1.165) is 0 Å². The molecule has 4 aromatic carbocycles. The van der Waals surface area contributed by atoms with Crippen molar-refractivity contribution in [1.82, 2.24) is 18.9 Å². The Morgan fingerprint density at radius 1 is 0.431 bits per heavy atom. The molecule has 0 unspecified atom stereocenters. The molecule has 10 heteroatoms. The smallest absolute Gasteiger partial charge is 0.381 e. The van der Waals surface area contributed by atoms with E-state index in [9.17, 15) is 0 Å². The second-order valence-electron chi connectivity index (χ2n) is 13.7. The van der Waals surface area contributed by atoms with Gasteiger partial charge in [-0.15, -0.1) is 0 Å². The first kappa shape index (κ1) is 29.7. The third-order valence-electron chi connectivity index (χ3n) is 11.2. The molecule has 51 heavy (non-hydrogen) atoms. The van der Waals surface area contributed by atoms with Gasteiger partial charge in [-0.3, -0.25) is 0 Å². The third kappa shape index (κ3) is 4.24. The molecule has 0 N–H and O–H groups in total. The van der Waals surface area contributed by atoms with Crippen LogP contribution < -0.4 is 0 Å². The summed E-state index contributed by atoms with van der Waals surface area (Å²) in [6, 6.07) is 34.2. The molecule has 7 aliphatic heterocycles. The Hall–Kier alpha value is -5.04. The van der Waals surface area contributed by atoms with Crippen molar-refractivity contribution in [3.05, 3.63) is 210 Å². The molecule has 0 aliphatic carbocycles. The molecular formula is C41H30B4N4S2. The van der Waals surface area contributed by atoms with Crippen LogP contribution >= 0.6 is 23.5 Å². The van der Waals surface area contributed by atoms with Gasteiger partial charge in [0.15, 0.2) is 0 Å². The van der Waals surface area contributed by atoms with Gasteiger partial charge >= 0.3 is 27.9 Å². The van der Waals surface area contributed by atoms with E-state index in [1.165, 1.54) is 53.0 Å². The van der Waals surface area contributed by atoms with E-state index in [1.54, 1.807) is 0 Å². The normalized spacial score (nSPS) is 19.4. The molecule has 1 spiro atoms. The van der Waals surface area contributed by atoms with Crippen molar-refractivity contribution >= 4 is 57.0 Å². The van der Waals surface area contributed by atoms with Gasteiger partial charge in [0.2, 0.25) is 0 Å². The zero-order chi connectivity index (χ0) is 33.5. The first-order chi connectivity index (χ1) is 25.3. The molecule has 0 saturated carbocycles. The average molecular weight is 686 g/mol. The fourth-order valence-corrected chi connectivity index (χ4v) is 11.6. The molecule has 0 aromatic heterocycles. The van der Waals surface area contributed by atoms with Crippen molar-refractivity contribution in [3.8, 4) is 0 Å². The minimum Gasteiger partial charge on any atom is -0.423 e. The van der Waals surface area contributed by atoms with E-state index in [4.69, 9.17) is 0 Å². The van der Waals surface area contributed by atoms with Crippen LogP contribution in [0.3, 0.4) is 0 Å². The van der Waals surface area contributed by atoms with Gasteiger partial charge in [-0.05, 0) is 101 Å². The van der Waals surface area contributed by atoms with Crippen molar-refractivity contribution in [2.75, 3.05) is 0 Å². The van der Waals surface area contributed by atoms with Crippen molar-refractivity contribution in [1.29, 1.82) is 0 Å². The number of hydrogen-bond donors (Lipinski definition) is 0. The lowest BCUT2D eigenvalue weighted by atomic mass is 9.41. The van der Waals surface area contributed by atoms with Crippen LogP contribution in [0.2, 0.25) is 0 Å². The van der Waals surface area contributed by atoms with Crippen LogP contribution in [0.5, 0.6) is 0 Å². The Morgan fingerprint density at radius 3 is 1.47 bits per heavy atom. The van der Waals surface area contributed by atoms with E-state index < -0.39 is 5.41 Å². The zero-order valence-electron chi connectivity index (χ0n) is 27.7. The molecule has 0 amide bonds. The molecule has 7 heterocycles. The van der Waals surface area contributed by atoms with Crippen molar-refractivity contribution in [2.24, 2.45) is 0 Å². The van der Waals surface area contributed by atoms with Gasteiger partial charge in [0, 0.05) is 19.6 Å². The number of hydrogen-bond acceptors (Lipinski definition) is 6. The molecule has 0 atom stereocenters. The maximum Gasteiger partial charge on any atom is 0.381 e. The Bertz CT molecular complexity index is 2290. The van der Waals surface area contributed by atoms with Gasteiger partial charge in [0.25, 0.3) is 0 Å². The van der Waals surface area contributed by atoms with E-state index in [1.807, 2.05) is 23.5 Å². The predicted molar refractivity (Wildman–Crippen MR) is 215 cm³/mol. The highest BCUT2D eigenvalue weighted by Gasteiger charge is 2.51. The predicted octanol–water partition coefficient (Wildman–Crippen LogP) is 8.49. The highest BCUT2D eigenvalue weighted by Crippen LogP contribution is 2.62. The molecule has 238 valence electrons. The summed E-state index contributed by atoms with van der Waals surface area (Å²) >= 11 is 3.82. The van der Waals surface area contributed by atoms with Gasteiger partial charge in [0.1, 0.15) is 0 Å². The molecule has 1 saturated heterocycles. The van der Waals surface area contributed by atoms with Crippen molar-refractivity contribution in [3.63, 3.8) is 0 Å². The fraction of sp³-hybridized carbons (Fsp3) is 0.0244. The first-order valence-electron chi connectivity index (χ1n) is 17.6. The number of fused-ring (bicyclic) bond motifs is 16. The maximum absolute atomic E-state index is 2.51. The minimum absolute atomic E-state index is 0.0154. The van der Waals surface area contributed by atoms with Gasteiger partial charge < -0.3 is 18.9 Å². The molecular weight excluding hydrogens is 656 g/mol. The van der Waals surface area contributed by atoms with Crippen molar-refractivity contribution < 1.29 is 0 Å². The SMILES string of the molecule is C1=CB2N(C=C1)B1C=CC=CN1B1C=C(c3cccc4c3Sc3ccccc3C43c4ccccc4Sc4ccccc43)C=CN1B1C=CC=CN21. The third-order valence-corrected chi connectivity index (χ3v) is 13.6. The molecule has 7 aliphatic rings. The van der Waals surface area contributed by atoms with E-state index >= 15 is 0 Å². The van der Waals surface area contributed by atoms with Gasteiger partial charge in [-0.1, -0.05) is 138 Å². The summed E-state index contributed by atoms with van der Waals surface area (Å²) in [7, 11) is 0. The van der Waals surface area contributed by atoms with Gasteiger partial charge in [0.05, 0.1) is 5.41 Å². The topological polar surface area (TPSA) is 13.0 Å². The standard InChI is InChI=1S/C41H30B4N4S2/c1-4-19-37-33(15-1)41(34-16-2-5-20-38(34)50-37)35-17-3-6-21-39(35)51-40-32(14-13-18-36(40)41)31-22-29-49-44-25-8-11-27-47(44)42-23-7-10-26-46(42)43-24-9-12-28-48(43)45(49)30-31/h1-30H. The summed E-state index contributed by atoms with van der Waals surface area (Å²) < 4.78 is 9.95. The average Bonchev–Trinajstić information content (AvgIpc) is 3.20. The Labute approximate surface area is 309 Å². The van der Waals surface area contributed by atoms with Crippen LogP contribution in [0.15, 0.2) is 202 Å². The summed E-state index contributed by atoms with van der Waals surface area (Å²) in [6.07, 6.45) is 24.5. The van der Waals surface area contributed by atoms with E-state index in [2.05, 4.69) is 201 Å². The second-order valence-corrected chi connectivity index (χ2v) is 15.8. The quantitative estimate of drug-likeness (QED) is 0.160. The zero-order valence-corrected chi connectivity index (χ0v) is 29.4. The van der Waals surface area contributed by atoms with E-state index in [0.29, 0.717) is 0 Å². The lowest BCUT2D eigenvalue weighted by molar-refractivity contribution is 0.622. The molecule has 0 bridgehead atoms. The number of benzene rings is 4. The maximum atomic E-state index is 2.51. The lowest BCUT2D eigenvalue weighted by Gasteiger charge is -2.53. The Morgan fingerprint density at radius 2 is 0.902 bits per heavy atom. The molecule has 4 nitrogen and oxygen atoms in total. The molecule has 11 rings (SSSR count). The molecule has 1 fully saturated rings. The van der Waals surface area contributed by atoms with Crippen LogP contribution in [0.1, 0.15) is 27.8 Å². The van der Waals surface area contributed by atoms with E-state index in [-0.39, 0.29) is 27.9 Å². The first-order valence-corrected chi connectivity index (χ1v) is 19.3. The number of nitrogens with zero attached hydrogens (tertiary/aromatic N) is 4. The largest absolute Gasteiger partial charge is 0.423 e. The number of allylic oxidation sites excluding steroid dienone is 8. The van der Waals surface area contributed by atoms with Crippen LogP contribution in [0.25, 0.3) is 5.57 Å². The number of rotatable bonds is 1. The van der Waals surface area contributed by atoms with Gasteiger partial charge in [-0.2, -0.15) is 0 Å². The molecule has 0 radical (unpaired) electrons. The van der Waals surface area contributed by atoms with Crippen molar-refractivity contribution in [2.45, 2.75) is 25.0 Å².